The number of ether oxygens (including phenoxy) is 1. The van der Waals surface area contributed by atoms with Gasteiger partial charge in [0, 0.05) is 16.6 Å². The Morgan fingerprint density at radius 2 is 2.06 bits per heavy atom. The zero-order valence-electron chi connectivity index (χ0n) is 10.7. The lowest BCUT2D eigenvalue weighted by atomic mass is 10.1. The highest BCUT2D eigenvalue weighted by Gasteiger charge is 2.18. The maximum Gasteiger partial charge on any atom is 0.412 e. The molecule has 0 saturated heterocycles. The van der Waals surface area contributed by atoms with Crippen LogP contribution in [0.1, 0.15) is 32.4 Å². The molecule has 5 heteroatoms. The molecule has 0 fully saturated rings. The van der Waals surface area contributed by atoms with Crippen molar-refractivity contribution in [3.05, 3.63) is 29.8 Å². The Morgan fingerprint density at radius 3 is 2.61 bits per heavy atom. The number of halogens is 1. The first kappa shape index (κ1) is 15.0. The number of hydrogen-bond acceptors (Lipinski definition) is 3. The summed E-state index contributed by atoms with van der Waals surface area (Å²) >= 11 is 3.21. The maximum atomic E-state index is 11.7. The van der Waals surface area contributed by atoms with Crippen molar-refractivity contribution < 1.29 is 14.6 Å². The van der Waals surface area contributed by atoms with E-state index in [-0.39, 0.29) is 0 Å². The number of rotatable bonds is 3. The van der Waals surface area contributed by atoms with Crippen molar-refractivity contribution in [3.63, 3.8) is 0 Å². The molecule has 0 aliphatic carbocycles. The van der Waals surface area contributed by atoms with Gasteiger partial charge in [-0.3, -0.25) is 5.32 Å². The van der Waals surface area contributed by atoms with Crippen LogP contribution in [0.5, 0.6) is 0 Å². The number of amides is 1. The summed E-state index contributed by atoms with van der Waals surface area (Å²) < 4.78 is 5.17. The number of hydrogen-bond donors (Lipinski definition) is 2. The van der Waals surface area contributed by atoms with Gasteiger partial charge in [-0.05, 0) is 26.8 Å². The second-order valence-corrected chi connectivity index (χ2v) is 5.53. The van der Waals surface area contributed by atoms with Crippen molar-refractivity contribution in [1.29, 1.82) is 0 Å². The molecular formula is C13H18BrNO3. The van der Waals surface area contributed by atoms with Crippen molar-refractivity contribution >= 4 is 27.7 Å². The molecule has 0 radical (unpaired) electrons. The van der Waals surface area contributed by atoms with E-state index in [9.17, 15) is 9.90 Å². The van der Waals surface area contributed by atoms with E-state index < -0.39 is 17.8 Å². The molecule has 1 rings (SSSR count). The topological polar surface area (TPSA) is 58.6 Å². The molecule has 0 aromatic heterocycles. The Bertz CT molecular complexity index is 415. The van der Waals surface area contributed by atoms with Crippen LogP contribution in [0.25, 0.3) is 0 Å². The van der Waals surface area contributed by atoms with E-state index >= 15 is 0 Å². The van der Waals surface area contributed by atoms with Crippen LogP contribution in [-0.2, 0) is 4.74 Å². The summed E-state index contributed by atoms with van der Waals surface area (Å²) in [6.45, 7) is 5.39. The molecule has 1 amide bonds. The number of carbonyl (C=O) groups excluding carboxylic acids is 1. The summed E-state index contributed by atoms with van der Waals surface area (Å²) in [4.78, 5) is 11.7. The first-order valence-electron chi connectivity index (χ1n) is 5.66. The predicted molar refractivity (Wildman–Crippen MR) is 75.1 cm³/mol. The van der Waals surface area contributed by atoms with Crippen molar-refractivity contribution in [1.82, 2.24) is 0 Å². The fraction of sp³-hybridized carbons (Fsp3) is 0.462. The molecule has 0 aliphatic heterocycles. The Labute approximate surface area is 115 Å². The Hall–Kier alpha value is -1.07. The minimum Gasteiger partial charge on any atom is -0.444 e. The third-order valence-electron chi connectivity index (χ3n) is 2.10. The van der Waals surface area contributed by atoms with Gasteiger partial charge in [0.15, 0.2) is 0 Å². The Balaban J connectivity index is 2.81. The van der Waals surface area contributed by atoms with Gasteiger partial charge in [0.1, 0.15) is 5.60 Å². The summed E-state index contributed by atoms with van der Waals surface area (Å²) in [5.41, 5.74) is 0.659. The SMILES string of the molecule is CC(C)(C)OC(=O)Nc1ccccc1C(O)CBr. The number of benzene rings is 1. The minimum absolute atomic E-state index is 0.403. The van der Waals surface area contributed by atoms with Gasteiger partial charge in [-0.2, -0.15) is 0 Å². The average molecular weight is 316 g/mol. The molecular weight excluding hydrogens is 298 g/mol. The van der Waals surface area contributed by atoms with Crippen LogP contribution >= 0.6 is 15.9 Å². The van der Waals surface area contributed by atoms with Crippen LogP contribution in [0.2, 0.25) is 0 Å². The normalized spacial score (nSPS) is 12.9. The molecule has 0 spiro atoms. The Kier molecular flexibility index (Phi) is 5.16. The maximum absolute atomic E-state index is 11.7. The number of anilines is 1. The molecule has 0 heterocycles. The minimum atomic E-state index is -0.670. The van der Waals surface area contributed by atoms with E-state index in [1.807, 2.05) is 6.07 Å². The lowest BCUT2D eigenvalue weighted by Crippen LogP contribution is -2.27. The highest BCUT2D eigenvalue weighted by Crippen LogP contribution is 2.24. The van der Waals surface area contributed by atoms with E-state index in [0.717, 1.165) is 0 Å². The van der Waals surface area contributed by atoms with Crippen LogP contribution in [0.3, 0.4) is 0 Å². The van der Waals surface area contributed by atoms with Crippen molar-refractivity contribution in [2.75, 3.05) is 10.6 Å². The largest absolute Gasteiger partial charge is 0.444 e. The van der Waals surface area contributed by atoms with Gasteiger partial charge in [-0.1, -0.05) is 34.1 Å². The molecule has 2 N–H and O–H groups in total. The monoisotopic (exact) mass is 315 g/mol. The Morgan fingerprint density at radius 1 is 1.44 bits per heavy atom. The van der Waals surface area contributed by atoms with Crippen LogP contribution in [0.4, 0.5) is 10.5 Å². The second-order valence-electron chi connectivity index (χ2n) is 4.88. The lowest BCUT2D eigenvalue weighted by Gasteiger charge is -2.21. The number of nitrogens with one attached hydrogen (secondary N) is 1. The van der Waals surface area contributed by atoms with Gasteiger partial charge < -0.3 is 9.84 Å². The van der Waals surface area contributed by atoms with E-state index in [1.54, 1.807) is 39.0 Å². The fourth-order valence-corrected chi connectivity index (χ4v) is 1.75. The summed E-state index contributed by atoms with van der Waals surface area (Å²) in [6.07, 6.45) is -1.20. The van der Waals surface area contributed by atoms with Crippen molar-refractivity contribution in [2.24, 2.45) is 0 Å². The zero-order valence-corrected chi connectivity index (χ0v) is 12.3. The molecule has 1 aromatic carbocycles. The fourth-order valence-electron chi connectivity index (χ4n) is 1.40. The first-order valence-corrected chi connectivity index (χ1v) is 6.78. The van der Waals surface area contributed by atoms with E-state index in [0.29, 0.717) is 16.6 Å². The summed E-state index contributed by atoms with van der Waals surface area (Å²) in [5.74, 6) is 0. The molecule has 1 atom stereocenters. The standard InChI is InChI=1S/C13H18BrNO3/c1-13(2,3)18-12(17)15-10-7-5-4-6-9(10)11(16)8-14/h4-7,11,16H,8H2,1-3H3,(H,15,17). The van der Waals surface area contributed by atoms with Gasteiger partial charge in [0.2, 0.25) is 0 Å². The summed E-state index contributed by atoms with van der Waals surface area (Å²) in [6, 6.07) is 7.09. The quantitative estimate of drug-likeness (QED) is 0.840. The molecule has 0 saturated carbocycles. The summed E-state index contributed by atoms with van der Waals surface area (Å²) in [5, 5.41) is 12.9. The van der Waals surface area contributed by atoms with Crippen LogP contribution in [0.15, 0.2) is 24.3 Å². The van der Waals surface area contributed by atoms with Gasteiger partial charge >= 0.3 is 6.09 Å². The molecule has 1 unspecified atom stereocenters. The highest BCUT2D eigenvalue weighted by atomic mass is 79.9. The first-order chi connectivity index (χ1) is 8.33. The molecule has 100 valence electrons. The van der Waals surface area contributed by atoms with Crippen LogP contribution in [0, 0.1) is 0 Å². The number of aliphatic hydroxyl groups is 1. The van der Waals surface area contributed by atoms with E-state index in [2.05, 4.69) is 21.2 Å². The van der Waals surface area contributed by atoms with Gasteiger partial charge in [-0.25, -0.2) is 4.79 Å². The predicted octanol–water partition coefficient (Wildman–Crippen LogP) is 3.46. The number of para-hydroxylation sites is 1. The summed E-state index contributed by atoms with van der Waals surface area (Å²) in [7, 11) is 0. The van der Waals surface area contributed by atoms with Gasteiger partial charge in [0.25, 0.3) is 0 Å². The number of carbonyl (C=O) groups is 1. The van der Waals surface area contributed by atoms with Crippen molar-refractivity contribution in [2.45, 2.75) is 32.5 Å². The third-order valence-corrected chi connectivity index (χ3v) is 2.71. The van der Waals surface area contributed by atoms with Gasteiger partial charge in [0.05, 0.1) is 6.10 Å². The average Bonchev–Trinajstić information content (AvgIpc) is 2.26. The second kappa shape index (κ2) is 6.20. The van der Waals surface area contributed by atoms with Gasteiger partial charge in [-0.15, -0.1) is 0 Å². The third kappa shape index (κ3) is 4.66. The van der Waals surface area contributed by atoms with Crippen LogP contribution in [-0.4, -0.2) is 22.1 Å². The molecule has 1 aromatic rings. The highest BCUT2D eigenvalue weighted by molar-refractivity contribution is 9.09. The van der Waals surface area contributed by atoms with E-state index in [1.165, 1.54) is 0 Å². The zero-order chi connectivity index (χ0) is 13.8. The molecule has 0 aliphatic rings. The molecule has 18 heavy (non-hydrogen) atoms. The lowest BCUT2D eigenvalue weighted by molar-refractivity contribution is 0.0635. The van der Waals surface area contributed by atoms with Crippen LogP contribution < -0.4 is 5.32 Å². The smallest absolute Gasteiger partial charge is 0.412 e. The van der Waals surface area contributed by atoms with Crippen molar-refractivity contribution in [3.8, 4) is 0 Å². The number of alkyl halides is 1. The van der Waals surface area contributed by atoms with E-state index in [4.69, 9.17) is 4.74 Å². The molecule has 0 bridgehead atoms. The number of aliphatic hydroxyl groups excluding tert-OH is 1. The molecule has 4 nitrogen and oxygen atoms in total.